The number of hydrogen-bond donors (Lipinski definition) is 3. The van der Waals surface area contributed by atoms with E-state index >= 15 is 0 Å². The van der Waals surface area contributed by atoms with Crippen LogP contribution < -0.4 is 24.2 Å². The first-order valence-electron chi connectivity index (χ1n) is 19.3. The normalized spacial score (nSPS) is 28.3. The Kier molecular flexibility index (Phi) is 11.6. The Hall–Kier alpha value is -4.81. The summed E-state index contributed by atoms with van der Waals surface area (Å²) in [5.41, 5.74) is -4.75. The topological polar surface area (TPSA) is 194 Å². The van der Waals surface area contributed by atoms with Gasteiger partial charge in [-0.3, -0.25) is 24.0 Å². The molecule has 318 valence electrons. The van der Waals surface area contributed by atoms with Gasteiger partial charge in [-0.1, -0.05) is 26.0 Å². The molecule has 4 aliphatic rings. The number of benzene rings is 1. The molecule has 3 N–H and O–H groups in total. The van der Waals surface area contributed by atoms with Gasteiger partial charge >= 0.3 is 12.3 Å². The van der Waals surface area contributed by atoms with E-state index in [-0.39, 0.29) is 42.5 Å². The highest BCUT2D eigenvalue weighted by Gasteiger charge is 2.63. The van der Waals surface area contributed by atoms with E-state index in [1.54, 1.807) is 30.4 Å². The Morgan fingerprint density at radius 2 is 1.74 bits per heavy atom. The summed E-state index contributed by atoms with van der Waals surface area (Å²) in [6.07, 6.45) is -1.39. The molecule has 2 aliphatic heterocycles. The summed E-state index contributed by atoms with van der Waals surface area (Å²) in [6, 6.07) is 1.63. The molecule has 4 amide bonds. The van der Waals surface area contributed by atoms with Crippen molar-refractivity contribution in [3.63, 3.8) is 0 Å². The fourth-order valence-electron chi connectivity index (χ4n) is 8.21. The standard InChI is InChI=1S/C39H50F3N5O10S/c1-21-9-7-8-10-24-19-38(24,35(50)45-58(53,54)26-11-12-26)44-32(48)28-17-25(57-33-27-18-30(56-6)29(55-5)16-23(27)13-14-43-33)20-46(28)34(49)31(22(2)15-21)47(36(51)52)37(3,4)39(40,41)42/h8,10,13-14,16,18,21-22,24-26,28,31H,7,9,11-12,15,17,19-20H2,1-6H3,(H,44,48)(H,45,50)(H,51,52)/t21-,22-,24-,25-,28+,31+,38-/m1/s1. The van der Waals surface area contributed by atoms with E-state index in [0.717, 1.165) is 4.90 Å². The summed E-state index contributed by atoms with van der Waals surface area (Å²) < 4.78 is 89.2. The number of aromatic nitrogens is 1. The molecule has 15 nitrogen and oxygen atoms in total. The van der Waals surface area contributed by atoms with Crippen molar-refractivity contribution >= 4 is 44.6 Å². The van der Waals surface area contributed by atoms with Gasteiger partial charge in [0.15, 0.2) is 11.5 Å². The van der Waals surface area contributed by atoms with Crippen LogP contribution in [0.3, 0.4) is 0 Å². The number of carboxylic acid groups (broad SMARTS) is 1. The van der Waals surface area contributed by atoms with Crippen LogP contribution in [0.25, 0.3) is 10.8 Å². The second-order valence-corrected chi connectivity index (χ2v) is 18.4. The molecule has 58 heavy (non-hydrogen) atoms. The molecule has 1 aromatic heterocycles. The Morgan fingerprint density at radius 1 is 1.07 bits per heavy atom. The third kappa shape index (κ3) is 8.23. The fraction of sp³-hybridized carbons (Fsp3) is 0.615. The molecule has 0 spiro atoms. The molecule has 6 rings (SSSR count). The summed E-state index contributed by atoms with van der Waals surface area (Å²) >= 11 is 0. The van der Waals surface area contributed by atoms with Gasteiger partial charge in [0.1, 0.15) is 29.3 Å². The van der Waals surface area contributed by atoms with Crippen LogP contribution in [0.5, 0.6) is 17.4 Å². The molecule has 2 aliphatic carbocycles. The third-order valence-electron chi connectivity index (χ3n) is 11.9. The summed E-state index contributed by atoms with van der Waals surface area (Å²) in [5, 5.41) is 13.5. The number of allylic oxidation sites excluding steroid dienone is 1. The Morgan fingerprint density at radius 3 is 2.36 bits per heavy atom. The largest absolute Gasteiger partial charge is 0.493 e. The number of ether oxygens (including phenoxy) is 3. The monoisotopic (exact) mass is 837 g/mol. The number of nitrogens with one attached hydrogen (secondary N) is 2. The molecule has 19 heteroatoms. The smallest absolute Gasteiger partial charge is 0.411 e. The maximum Gasteiger partial charge on any atom is 0.411 e. The zero-order valence-corrected chi connectivity index (χ0v) is 34.0. The van der Waals surface area contributed by atoms with Crippen molar-refractivity contribution in [2.45, 2.75) is 113 Å². The van der Waals surface area contributed by atoms with Crippen LogP contribution in [-0.2, 0) is 24.4 Å². The zero-order chi connectivity index (χ0) is 42.5. The van der Waals surface area contributed by atoms with Crippen LogP contribution in [0.15, 0.2) is 36.5 Å². The maximum absolute atomic E-state index is 15.0. The number of nitrogens with zero attached hydrogens (tertiary/aromatic N) is 3. The lowest BCUT2D eigenvalue weighted by Crippen LogP contribution is -2.66. The molecule has 3 heterocycles. The van der Waals surface area contributed by atoms with Crippen LogP contribution in [0, 0.1) is 17.8 Å². The van der Waals surface area contributed by atoms with E-state index in [1.807, 2.05) is 6.92 Å². The van der Waals surface area contributed by atoms with Gasteiger partial charge < -0.3 is 29.5 Å². The minimum atomic E-state index is -5.10. The molecule has 1 aromatic carbocycles. The van der Waals surface area contributed by atoms with Crippen molar-refractivity contribution < 1.29 is 60.1 Å². The Bertz CT molecular complexity index is 2090. The molecule has 3 fully saturated rings. The van der Waals surface area contributed by atoms with E-state index in [1.165, 1.54) is 27.3 Å². The van der Waals surface area contributed by atoms with Gasteiger partial charge in [0.25, 0.3) is 5.91 Å². The minimum absolute atomic E-state index is 0.0504. The molecule has 0 radical (unpaired) electrons. The van der Waals surface area contributed by atoms with Crippen molar-refractivity contribution in [1.29, 1.82) is 0 Å². The fourth-order valence-corrected chi connectivity index (χ4v) is 9.57. The van der Waals surface area contributed by atoms with Crippen LogP contribution in [0.1, 0.15) is 72.6 Å². The van der Waals surface area contributed by atoms with Crippen LogP contribution in [-0.4, -0.2) is 114 Å². The zero-order valence-electron chi connectivity index (χ0n) is 33.2. The number of carbonyl (C=O) groups is 4. The number of fused-ring (bicyclic) bond motifs is 3. The Labute approximate surface area is 334 Å². The highest BCUT2D eigenvalue weighted by molar-refractivity contribution is 7.91. The number of rotatable bonds is 9. The van der Waals surface area contributed by atoms with Crippen LogP contribution in [0.4, 0.5) is 18.0 Å². The SMILES string of the molecule is COc1cc2ccnc(O[C@@H]3C[C@H]4C(=O)N[C@]5(C(=O)NS(=O)(=O)C6CC6)C[C@H]5C=CCC[C@@H](C)C[C@@H](C)[C@H](N(C(=O)O)C(C)(C)C(F)(F)F)C(=O)N4C3)c2cc1OC. The van der Waals surface area contributed by atoms with Gasteiger partial charge in [-0.25, -0.2) is 18.2 Å². The van der Waals surface area contributed by atoms with Crippen LogP contribution in [0.2, 0.25) is 0 Å². The third-order valence-corrected chi connectivity index (χ3v) is 13.7. The van der Waals surface area contributed by atoms with E-state index < -0.39 is 86.4 Å². The van der Waals surface area contributed by atoms with E-state index in [0.29, 0.717) is 61.8 Å². The van der Waals surface area contributed by atoms with Crippen molar-refractivity contribution in [3.8, 4) is 17.4 Å². The summed E-state index contributed by atoms with van der Waals surface area (Å²) in [4.78, 5) is 61.8. The predicted octanol–water partition coefficient (Wildman–Crippen LogP) is 4.79. The maximum atomic E-state index is 15.0. The molecule has 0 unspecified atom stereocenters. The number of halogens is 3. The summed E-state index contributed by atoms with van der Waals surface area (Å²) in [6.45, 7) is 4.36. The second-order valence-electron chi connectivity index (χ2n) is 16.5. The van der Waals surface area contributed by atoms with Gasteiger partial charge in [-0.15, -0.1) is 0 Å². The second kappa shape index (κ2) is 15.7. The number of alkyl halides is 3. The number of sulfonamides is 1. The highest BCUT2D eigenvalue weighted by atomic mass is 32.2. The number of hydrogen-bond acceptors (Lipinski definition) is 10. The van der Waals surface area contributed by atoms with Gasteiger partial charge in [-0.2, -0.15) is 13.2 Å². The number of pyridine rings is 1. The first-order chi connectivity index (χ1) is 27.1. The van der Waals surface area contributed by atoms with Crippen LogP contribution >= 0.6 is 0 Å². The minimum Gasteiger partial charge on any atom is -0.493 e. The summed E-state index contributed by atoms with van der Waals surface area (Å²) in [5.74, 6) is -3.78. The van der Waals surface area contributed by atoms with Crippen molar-refractivity contribution in [2.75, 3.05) is 20.8 Å². The number of carbonyl (C=O) groups excluding carboxylic acids is 3. The lowest BCUT2D eigenvalue weighted by Gasteiger charge is -2.45. The number of methoxy groups -OCH3 is 2. The first-order valence-corrected chi connectivity index (χ1v) is 20.8. The quantitative estimate of drug-likeness (QED) is 0.294. The lowest BCUT2D eigenvalue weighted by atomic mass is 9.85. The lowest BCUT2D eigenvalue weighted by molar-refractivity contribution is -0.222. The molecular formula is C39H50F3N5O10S. The average molecular weight is 838 g/mol. The number of amides is 4. The van der Waals surface area contributed by atoms with E-state index in [9.17, 15) is 45.9 Å². The van der Waals surface area contributed by atoms with E-state index in [4.69, 9.17) is 14.2 Å². The van der Waals surface area contributed by atoms with Gasteiger partial charge in [0.2, 0.25) is 27.7 Å². The first kappa shape index (κ1) is 42.8. The molecule has 2 saturated carbocycles. The highest BCUT2D eigenvalue weighted by Crippen LogP contribution is 2.47. The molecule has 2 aromatic rings. The average Bonchev–Trinajstić information content (AvgIpc) is 4.07. The van der Waals surface area contributed by atoms with Gasteiger partial charge in [0, 0.05) is 23.9 Å². The Balaban J connectivity index is 1.43. The molecule has 7 atom stereocenters. The molecular weight excluding hydrogens is 788 g/mol. The predicted molar refractivity (Wildman–Crippen MR) is 204 cm³/mol. The van der Waals surface area contributed by atoms with Crippen molar-refractivity contribution in [3.05, 3.63) is 36.5 Å². The molecule has 1 saturated heterocycles. The van der Waals surface area contributed by atoms with Gasteiger partial charge in [-0.05, 0) is 87.8 Å². The van der Waals surface area contributed by atoms with Gasteiger partial charge in [0.05, 0.1) is 26.0 Å². The van der Waals surface area contributed by atoms with Crippen molar-refractivity contribution in [1.82, 2.24) is 24.8 Å². The van der Waals surface area contributed by atoms with Crippen molar-refractivity contribution in [2.24, 2.45) is 17.8 Å². The van der Waals surface area contributed by atoms with E-state index in [2.05, 4.69) is 15.0 Å². The summed E-state index contributed by atoms with van der Waals surface area (Å²) in [7, 11) is -1.11. The molecule has 0 bridgehead atoms.